The Morgan fingerprint density at radius 3 is 2.42 bits per heavy atom. The molecule has 0 atom stereocenters. The summed E-state index contributed by atoms with van der Waals surface area (Å²) in [5.41, 5.74) is 2.63. The molecule has 1 heterocycles. The van der Waals surface area contributed by atoms with E-state index in [0.29, 0.717) is 41.9 Å². The second-order valence-corrected chi connectivity index (χ2v) is 8.98. The number of amides is 1. The lowest BCUT2D eigenvalue weighted by Gasteiger charge is -2.31. The van der Waals surface area contributed by atoms with E-state index in [0.717, 1.165) is 17.7 Å². The van der Waals surface area contributed by atoms with Crippen LogP contribution in [0.4, 0.5) is 15.8 Å². The van der Waals surface area contributed by atoms with Gasteiger partial charge in [0.15, 0.2) is 0 Å². The maximum atomic E-state index is 13.2. The van der Waals surface area contributed by atoms with Gasteiger partial charge in [-0.2, -0.15) is 5.26 Å². The first-order valence-electron chi connectivity index (χ1n) is 9.61. The molecule has 1 aliphatic heterocycles. The number of carbonyl (C=O) groups is 1. The lowest BCUT2D eigenvalue weighted by atomic mass is 10.0. The van der Waals surface area contributed by atoms with E-state index >= 15 is 0 Å². The van der Waals surface area contributed by atoms with Crippen molar-refractivity contribution in [1.29, 1.82) is 5.26 Å². The molecule has 6 nitrogen and oxygen atoms in total. The molecular formula is C23H18FN3O3S. The quantitative estimate of drug-likeness (QED) is 0.668. The van der Waals surface area contributed by atoms with Gasteiger partial charge in [-0.25, -0.2) is 12.8 Å². The van der Waals surface area contributed by atoms with E-state index in [9.17, 15) is 17.6 Å². The monoisotopic (exact) mass is 435 g/mol. The van der Waals surface area contributed by atoms with Crippen LogP contribution in [-0.2, 0) is 16.4 Å². The Bertz CT molecular complexity index is 1280. The van der Waals surface area contributed by atoms with Crippen LogP contribution >= 0.6 is 0 Å². The maximum Gasteiger partial charge on any atom is 0.264 e. The van der Waals surface area contributed by atoms with E-state index in [-0.39, 0.29) is 10.8 Å². The molecule has 156 valence electrons. The van der Waals surface area contributed by atoms with Crippen LogP contribution in [0.3, 0.4) is 0 Å². The summed E-state index contributed by atoms with van der Waals surface area (Å²) in [6, 6.07) is 18.1. The smallest absolute Gasteiger partial charge is 0.264 e. The molecule has 0 unspecified atom stereocenters. The third kappa shape index (κ3) is 4.13. The van der Waals surface area contributed by atoms with Crippen LogP contribution in [0.2, 0.25) is 0 Å². The molecule has 1 amide bonds. The highest BCUT2D eigenvalue weighted by Gasteiger charge is 2.29. The molecule has 3 aromatic rings. The van der Waals surface area contributed by atoms with E-state index < -0.39 is 15.8 Å². The van der Waals surface area contributed by atoms with Gasteiger partial charge < -0.3 is 5.32 Å². The van der Waals surface area contributed by atoms with Gasteiger partial charge in [-0.3, -0.25) is 9.10 Å². The molecule has 3 aromatic carbocycles. The van der Waals surface area contributed by atoms with Crippen LogP contribution in [0.25, 0.3) is 0 Å². The van der Waals surface area contributed by atoms with E-state index in [1.807, 2.05) is 6.07 Å². The van der Waals surface area contributed by atoms with Gasteiger partial charge in [0.05, 0.1) is 22.2 Å². The van der Waals surface area contributed by atoms with Gasteiger partial charge in [-0.15, -0.1) is 0 Å². The molecule has 0 spiro atoms. The first kappa shape index (κ1) is 20.6. The number of halogens is 1. The molecule has 1 N–H and O–H groups in total. The summed E-state index contributed by atoms with van der Waals surface area (Å²) >= 11 is 0. The van der Waals surface area contributed by atoms with Gasteiger partial charge >= 0.3 is 0 Å². The zero-order chi connectivity index (χ0) is 22.0. The van der Waals surface area contributed by atoms with Crippen molar-refractivity contribution in [3.8, 4) is 6.07 Å². The van der Waals surface area contributed by atoms with Crippen LogP contribution in [0.15, 0.2) is 71.6 Å². The van der Waals surface area contributed by atoms with Crippen molar-refractivity contribution in [1.82, 2.24) is 0 Å². The number of hydrogen-bond acceptors (Lipinski definition) is 4. The first-order valence-corrected chi connectivity index (χ1v) is 11.1. The van der Waals surface area contributed by atoms with E-state index in [1.54, 1.807) is 42.5 Å². The number of sulfonamides is 1. The number of hydrogen-bond donors (Lipinski definition) is 1. The minimum atomic E-state index is -3.87. The number of aryl methyl sites for hydroxylation is 1. The standard InChI is InChI=1S/C23H18FN3O3S/c24-19-8-11-21(12-9-19)31(29,30)27-13-1-2-17-7-10-20(14-22(17)27)26-23(28)18-5-3-16(15-25)4-6-18/h3-12,14H,1-2,13H2,(H,26,28). The van der Waals surface area contributed by atoms with E-state index in [1.165, 1.54) is 16.4 Å². The number of carbonyl (C=O) groups excluding carboxylic acids is 1. The molecule has 0 aliphatic carbocycles. The van der Waals surface area contributed by atoms with Crippen molar-refractivity contribution in [3.05, 3.63) is 89.2 Å². The van der Waals surface area contributed by atoms with Gasteiger partial charge in [0.25, 0.3) is 15.9 Å². The van der Waals surface area contributed by atoms with Crippen LogP contribution in [0.5, 0.6) is 0 Å². The van der Waals surface area contributed by atoms with Gasteiger partial charge in [0.2, 0.25) is 0 Å². The Hall–Kier alpha value is -3.70. The largest absolute Gasteiger partial charge is 0.322 e. The van der Waals surface area contributed by atoms with Crippen molar-refractivity contribution in [3.63, 3.8) is 0 Å². The summed E-state index contributed by atoms with van der Waals surface area (Å²) in [5.74, 6) is -0.876. The molecule has 0 fully saturated rings. The van der Waals surface area contributed by atoms with Crippen LogP contribution in [0, 0.1) is 17.1 Å². The minimum absolute atomic E-state index is 0.00812. The van der Waals surface area contributed by atoms with Gasteiger partial charge in [-0.05, 0) is 79.1 Å². The van der Waals surface area contributed by atoms with E-state index in [4.69, 9.17) is 5.26 Å². The molecule has 0 radical (unpaired) electrons. The fourth-order valence-electron chi connectivity index (χ4n) is 3.50. The summed E-state index contributed by atoms with van der Waals surface area (Å²) in [6.45, 7) is 0.291. The van der Waals surface area contributed by atoms with Crippen molar-refractivity contribution < 1.29 is 17.6 Å². The summed E-state index contributed by atoms with van der Waals surface area (Å²) < 4.78 is 40.9. The highest BCUT2D eigenvalue weighted by Crippen LogP contribution is 2.34. The fourth-order valence-corrected chi connectivity index (χ4v) is 5.03. The van der Waals surface area contributed by atoms with Crippen LogP contribution in [0.1, 0.15) is 27.9 Å². The zero-order valence-corrected chi connectivity index (χ0v) is 17.2. The van der Waals surface area contributed by atoms with Crippen molar-refractivity contribution in [2.24, 2.45) is 0 Å². The van der Waals surface area contributed by atoms with E-state index in [2.05, 4.69) is 5.32 Å². The number of rotatable bonds is 4. The molecule has 0 saturated carbocycles. The topological polar surface area (TPSA) is 90.3 Å². The Labute approximate surface area is 179 Å². The lowest BCUT2D eigenvalue weighted by molar-refractivity contribution is 0.102. The third-order valence-electron chi connectivity index (χ3n) is 5.10. The molecule has 0 bridgehead atoms. The van der Waals surface area contributed by atoms with Crippen molar-refractivity contribution in [2.45, 2.75) is 17.7 Å². The first-order chi connectivity index (χ1) is 14.9. The summed E-state index contributed by atoms with van der Waals surface area (Å²) in [5, 5.41) is 11.7. The highest BCUT2D eigenvalue weighted by atomic mass is 32.2. The Kier molecular flexibility index (Phi) is 5.44. The molecule has 1 aliphatic rings. The Balaban J connectivity index is 1.64. The normalized spacial score (nSPS) is 13.2. The predicted octanol–water partition coefficient (Wildman–Crippen LogP) is 4.09. The average Bonchev–Trinajstić information content (AvgIpc) is 2.79. The molecule has 4 rings (SSSR count). The van der Waals surface area contributed by atoms with Crippen molar-refractivity contribution >= 4 is 27.3 Å². The second-order valence-electron chi connectivity index (χ2n) is 7.12. The number of nitriles is 1. The third-order valence-corrected chi connectivity index (χ3v) is 6.92. The average molecular weight is 435 g/mol. The number of fused-ring (bicyclic) bond motifs is 1. The van der Waals surface area contributed by atoms with Crippen molar-refractivity contribution in [2.75, 3.05) is 16.2 Å². The molecular weight excluding hydrogens is 417 g/mol. The predicted molar refractivity (Wildman–Crippen MR) is 115 cm³/mol. The number of benzene rings is 3. The SMILES string of the molecule is N#Cc1ccc(C(=O)Nc2ccc3c(c2)N(S(=O)(=O)c2ccc(F)cc2)CCC3)cc1. The zero-order valence-electron chi connectivity index (χ0n) is 16.4. The number of nitrogens with one attached hydrogen (secondary N) is 1. The molecule has 31 heavy (non-hydrogen) atoms. The lowest BCUT2D eigenvalue weighted by Crippen LogP contribution is -2.35. The Morgan fingerprint density at radius 1 is 1.03 bits per heavy atom. The fraction of sp³-hybridized carbons (Fsp3) is 0.130. The summed E-state index contributed by atoms with van der Waals surface area (Å²) in [7, 11) is -3.87. The van der Waals surface area contributed by atoms with Crippen LogP contribution in [-0.4, -0.2) is 20.9 Å². The minimum Gasteiger partial charge on any atom is -0.322 e. The second kappa shape index (κ2) is 8.20. The highest BCUT2D eigenvalue weighted by molar-refractivity contribution is 7.92. The summed E-state index contributed by atoms with van der Waals surface area (Å²) in [4.78, 5) is 12.6. The number of anilines is 2. The number of nitrogens with zero attached hydrogens (tertiary/aromatic N) is 2. The molecule has 0 saturated heterocycles. The summed E-state index contributed by atoms with van der Waals surface area (Å²) in [6.07, 6.45) is 1.37. The maximum absolute atomic E-state index is 13.2. The van der Waals surface area contributed by atoms with Gasteiger partial charge in [0.1, 0.15) is 5.82 Å². The Morgan fingerprint density at radius 2 is 1.74 bits per heavy atom. The van der Waals surface area contributed by atoms with Crippen LogP contribution < -0.4 is 9.62 Å². The molecule has 0 aromatic heterocycles. The van der Waals surface area contributed by atoms with Gasteiger partial charge in [-0.1, -0.05) is 6.07 Å². The molecule has 8 heteroatoms. The van der Waals surface area contributed by atoms with Gasteiger partial charge in [0, 0.05) is 17.8 Å².